The van der Waals surface area contributed by atoms with Crippen LogP contribution in [0.2, 0.25) is 0 Å². The molecule has 10 heteroatoms. The minimum Gasteiger partial charge on any atom is -0.349 e. The van der Waals surface area contributed by atoms with Crippen molar-refractivity contribution >= 4 is 29.2 Å². The van der Waals surface area contributed by atoms with Crippen LogP contribution in [0, 0.1) is 0 Å². The summed E-state index contributed by atoms with van der Waals surface area (Å²) in [5.41, 5.74) is 3.62. The molecule has 0 saturated heterocycles. The van der Waals surface area contributed by atoms with Gasteiger partial charge in [0.1, 0.15) is 11.4 Å². The average molecular weight is 515 g/mol. The Morgan fingerprint density at radius 2 is 1.89 bits per heavy atom. The third-order valence-corrected chi connectivity index (χ3v) is 7.43. The predicted molar refractivity (Wildman–Crippen MR) is 146 cm³/mol. The van der Waals surface area contributed by atoms with Crippen LogP contribution in [0.3, 0.4) is 0 Å². The summed E-state index contributed by atoms with van der Waals surface area (Å²) in [4.78, 5) is 36.9. The number of hydrogen-bond donors (Lipinski definition) is 3. The maximum absolute atomic E-state index is 13.0. The number of rotatable bonds is 6. The predicted octanol–water partition coefficient (Wildman–Crippen LogP) is 3.64. The molecule has 2 aliphatic carbocycles. The number of benzene rings is 1. The molecule has 1 amide bonds. The molecule has 1 aliphatic heterocycles. The third kappa shape index (κ3) is 4.88. The number of fused-ring (bicyclic) bond motifs is 2. The van der Waals surface area contributed by atoms with Crippen LogP contribution in [0.25, 0.3) is 0 Å². The average Bonchev–Trinajstić information content (AvgIpc) is 3.78. The van der Waals surface area contributed by atoms with Crippen molar-refractivity contribution in [3.63, 3.8) is 0 Å². The smallest absolute Gasteiger partial charge is 0.267 e. The Morgan fingerprint density at radius 3 is 2.61 bits per heavy atom. The lowest BCUT2D eigenvalue weighted by Crippen LogP contribution is -2.35. The van der Waals surface area contributed by atoms with Gasteiger partial charge in [0.15, 0.2) is 5.82 Å². The Kier molecular flexibility index (Phi) is 5.75. The van der Waals surface area contributed by atoms with Crippen molar-refractivity contribution in [1.29, 1.82) is 0 Å². The van der Waals surface area contributed by atoms with Crippen molar-refractivity contribution in [2.45, 2.75) is 70.0 Å². The van der Waals surface area contributed by atoms with Crippen LogP contribution in [-0.2, 0) is 17.5 Å². The van der Waals surface area contributed by atoms with Crippen LogP contribution < -0.4 is 21.5 Å². The van der Waals surface area contributed by atoms with Crippen LogP contribution in [-0.4, -0.2) is 50.2 Å². The second-order valence-corrected chi connectivity index (χ2v) is 11.9. The Labute approximate surface area is 221 Å². The molecule has 2 fully saturated rings. The van der Waals surface area contributed by atoms with Crippen LogP contribution in [0.1, 0.15) is 67.9 Å². The van der Waals surface area contributed by atoms with E-state index in [0.717, 1.165) is 31.6 Å². The van der Waals surface area contributed by atoms with Gasteiger partial charge in [0.05, 0.1) is 5.54 Å². The number of carbonyl (C=O) groups is 1. The van der Waals surface area contributed by atoms with E-state index in [-0.39, 0.29) is 17.5 Å². The largest absolute Gasteiger partial charge is 0.349 e. The van der Waals surface area contributed by atoms with E-state index in [4.69, 9.17) is 0 Å². The highest BCUT2D eigenvalue weighted by molar-refractivity contribution is 5.99. The number of likely N-dealkylation sites (N-methyl/N-ethyl adjacent to an activating group) is 1. The summed E-state index contributed by atoms with van der Waals surface area (Å²) in [6, 6.07) is 9.73. The molecule has 1 aromatic carbocycles. The van der Waals surface area contributed by atoms with E-state index in [1.54, 1.807) is 6.07 Å². The van der Waals surface area contributed by atoms with E-state index in [2.05, 4.69) is 61.2 Å². The van der Waals surface area contributed by atoms with Gasteiger partial charge in [-0.3, -0.25) is 9.59 Å². The molecule has 0 bridgehead atoms. The highest BCUT2D eigenvalue weighted by atomic mass is 16.2. The van der Waals surface area contributed by atoms with Gasteiger partial charge in [-0.1, -0.05) is 6.07 Å². The maximum Gasteiger partial charge on any atom is 0.267 e. The fourth-order valence-corrected chi connectivity index (χ4v) is 5.25. The third-order valence-electron chi connectivity index (χ3n) is 7.43. The molecule has 3 aromatic rings. The summed E-state index contributed by atoms with van der Waals surface area (Å²) in [6.45, 7) is 7.76. The van der Waals surface area contributed by atoms with Gasteiger partial charge < -0.3 is 20.9 Å². The van der Waals surface area contributed by atoms with Gasteiger partial charge in [-0.25, -0.2) is 9.67 Å². The molecule has 2 aromatic heterocycles. The summed E-state index contributed by atoms with van der Waals surface area (Å²) >= 11 is 0. The lowest BCUT2D eigenvalue weighted by Gasteiger charge is -2.32. The minimum absolute atomic E-state index is 0.192. The molecule has 198 valence electrons. The van der Waals surface area contributed by atoms with E-state index >= 15 is 0 Å². The number of nitrogens with one attached hydrogen (secondary N) is 3. The first kappa shape index (κ1) is 24.5. The van der Waals surface area contributed by atoms with Crippen molar-refractivity contribution in [3.05, 3.63) is 63.6 Å². The SMILES string of the molecule is CN1Cc2cc(Nc3ncc(C(=O)NC4CC4)c(Nc4ccc(=O)n(C(C)(C)C)n4)n3)ccc2C2(CC2)C1. The molecule has 10 nitrogen and oxygen atoms in total. The first-order valence-corrected chi connectivity index (χ1v) is 13.2. The molecule has 0 radical (unpaired) electrons. The summed E-state index contributed by atoms with van der Waals surface area (Å²) in [5, 5.41) is 14.0. The molecule has 3 N–H and O–H groups in total. The topological polar surface area (TPSA) is 117 Å². The molecule has 2 saturated carbocycles. The van der Waals surface area contributed by atoms with Crippen LogP contribution in [0.5, 0.6) is 0 Å². The summed E-state index contributed by atoms with van der Waals surface area (Å²) in [7, 11) is 2.17. The Bertz CT molecular complexity index is 1470. The molecule has 3 heterocycles. The van der Waals surface area contributed by atoms with E-state index < -0.39 is 5.54 Å². The van der Waals surface area contributed by atoms with Crippen LogP contribution in [0.4, 0.5) is 23.3 Å². The van der Waals surface area contributed by atoms with Crippen molar-refractivity contribution in [3.8, 4) is 0 Å². The van der Waals surface area contributed by atoms with Crippen molar-refractivity contribution in [2.75, 3.05) is 24.2 Å². The van der Waals surface area contributed by atoms with Gasteiger partial charge in [-0.2, -0.15) is 10.1 Å². The molecular weight excluding hydrogens is 480 g/mol. The molecular formula is C28H34N8O2. The van der Waals surface area contributed by atoms with E-state index in [1.165, 1.54) is 40.9 Å². The second-order valence-electron chi connectivity index (χ2n) is 11.9. The number of amides is 1. The molecule has 0 atom stereocenters. The zero-order valence-electron chi connectivity index (χ0n) is 22.3. The summed E-state index contributed by atoms with van der Waals surface area (Å²) in [6.07, 6.45) is 5.97. The van der Waals surface area contributed by atoms with Crippen molar-refractivity contribution in [1.82, 2.24) is 30.0 Å². The molecule has 6 rings (SSSR count). The monoisotopic (exact) mass is 514 g/mol. The number of aromatic nitrogens is 4. The normalized spacial score (nSPS) is 18.1. The lowest BCUT2D eigenvalue weighted by atomic mass is 9.87. The maximum atomic E-state index is 13.0. The number of nitrogens with zero attached hydrogens (tertiary/aromatic N) is 5. The second kappa shape index (κ2) is 8.90. The van der Waals surface area contributed by atoms with Gasteiger partial charge in [-0.05, 0) is 82.8 Å². The zero-order valence-corrected chi connectivity index (χ0v) is 22.3. The van der Waals surface area contributed by atoms with Gasteiger partial charge in [0, 0.05) is 42.5 Å². The molecule has 38 heavy (non-hydrogen) atoms. The standard InChI is InChI=1S/C28H34N8O2/c1-27(2,3)36-23(37)10-9-22(34-36)32-24-20(25(38)30-18-5-6-18)14-29-26(33-24)31-19-7-8-21-17(13-19)15-35(4)16-28(21)11-12-28/h7-10,13-14,18H,5-6,11-12,15-16H2,1-4H3,(H,30,38)(H2,29,31,32,33,34). The highest BCUT2D eigenvalue weighted by Gasteiger charge is 2.48. The van der Waals surface area contributed by atoms with Crippen LogP contribution in [0.15, 0.2) is 41.3 Å². The minimum atomic E-state index is -0.501. The Morgan fingerprint density at radius 1 is 1.11 bits per heavy atom. The van der Waals surface area contributed by atoms with Gasteiger partial charge in [0.25, 0.3) is 11.5 Å². The number of hydrogen-bond acceptors (Lipinski definition) is 8. The quantitative estimate of drug-likeness (QED) is 0.457. The van der Waals surface area contributed by atoms with Gasteiger partial charge in [-0.15, -0.1) is 0 Å². The Balaban J connectivity index is 1.31. The first-order valence-electron chi connectivity index (χ1n) is 13.2. The fraction of sp³-hybridized carbons (Fsp3) is 0.464. The number of anilines is 4. The molecule has 0 unspecified atom stereocenters. The van der Waals surface area contributed by atoms with Crippen LogP contribution >= 0.6 is 0 Å². The van der Waals surface area contributed by atoms with E-state index in [1.807, 2.05) is 20.8 Å². The zero-order chi connectivity index (χ0) is 26.7. The highest BCUT2D eigenvalue weighted by Crippen LogP contribution is 2.52. The van der Waals surface area contributed by atoms with Crippen molar-refractivity contribution in [2.24, 2.45) is 0 Å². The fourth-order valence-electron chi connectivity index (χ4n) is 5.25. The summed E-state index contributed by atoms with van der Waals surface area (Å²) in [5.74, 6) is 0.861. The van der Waals surface area contributed by atoms with Crippen molar-refractivity contribution < 1.29 is 4.79 Å². The van der Waals surface area contributed by atoms with Gasteiger partial charge >= 0.3 is 0 Å². The Hall–Kier alpha value is -3.79. The number of carbonyl (C=O) groups excluding carboxylic acids is 1. The van der Waals surface area contributed by atoms with E-state index in [0.29, 0.717) is 28.6 Å². The molecule has 3 aliphatic rings. The van der Waals surface area contributed by atoms with Gasteiger partial charge in [0.2, 0.25) is 5.95 Å². The van der Waals surface area contributed by atoms with E-state index in [9.17, 15) is 9.59 Å². The molecule has 1 spiro atoms. The summed E-state index contributed by atoms with van der Waals surface area (Å²) < 4.78 is 1.41. The first-order chi connectivity index (χ1) is 18.1. The lowest BCUT2D eigenvalue weighted by molar-refractivity contribution is 0.0951.